The van der Waals surface area contributed by atoms with E-state index in [9.17, 15) is 29.0 Å². The summed E-state index contributed by atoms with van der Waals surface area (Å²) in [5.41, 5.74) is 11.8. The fourth-order valence-corrected chi connectivity index (χ4v) is 5.99. The van der Waals surface area contributed by atoms with E-state index in [1.807, 2.05) is 0 Å². The molecule has 3 aliphatic rings. The van der Waals surface area contributed by atoms with E-state index < -0.39 is 77.9 Å². The first-order chi connectivity index (χ1) is 19.7. The van der Waals surface area contributed by atoms with Crippen LogP contribution in [0.3, 0.4) is 0 Å². The van der Waals surface area contributed by atoms with Crippen LogP contribution in [-0.2, 0) is 32.2 Å². The summed E-state index contributed by atoms with van der Waals surface area (Å²) in [7, 11) is -9.93. The summed E-state index contributed by atoms with van der Waals surface area (Å²) in [6.07, 6.45) is -6.89. The molecule has 5 rings (SSSR count). The van der Waals surface area contributed by atoms with Gasteiger partial charge >= 0.3 is 21.7 Å². The molecular formula is C19H28N8O13P2. The number of nitrogen functional groups attached to an aromatic ring is 1. The molecule has 0 aromatic carbocycles. The van der Waals surface area contributed by atoms with Crippen molar-refractivity contribution in [2.75, 3.05) is 25.5 Å². The molecule has 42 heavy (non-hydrogen) atoms. The monoisotopic (exact) mass is 638 g/mol. The zero-order valence-electron chi connectivity index (χ0n) is 21.5. The number of nitrogens with two attached hydrogens (primary N) is 2. The standard InChI is InChI=1S/C19H28N8O13P2/c20-11-1-2-26(19(30)25-11)12-3-8(9(38-12)4-36-41(31,32)33)40-42(34,35)37-5-10-14(28)15(29)18(39-10)27-7-24-13-16(21)22-6-23-17(13)27/h6-10,12,14-15,18,28-29H,1-5H2,(H,34,35)(H2,20,25,30)(H2,21,22,23)(H2,31,32,33)/t8-,9+,10+,12+,14+,15+,18+/m0/s1. The van der Waals surface area contributed by atoms with Crippen molar-refractivity contribution in [1.82, 2.24) is 24.4 Å². The Balaban J connectivity index is 1.24. The number of amidine groups is 1. The van der Waals surface area contributed by atoms with Gasteiger partial charge in [0.1, 0.15) is 54.4 Å². The third-order valence-corrected chi connectivity index (χ3v) is 8.20. The summed E-state index contributed by atoms with van der Waals surface area (Å²) >= 11 is 0. The zero-order chi connectivity index (χ0) is 30.4. The summed E-state index contributed by atoms with van der Waals surface area (Å²) in [5, 5.41) is 21.1. The molecule has 0 aliphatic carbocycles. The van der Waals surface area contributed by atoms with Gasteiger partial charge in [0.15, 0.2) is 17.7 Å². The number of carbonyl (C=O) groups is 1. The number of hydrogen-bond donors (Lipinski definition) is 7. The number of ether oxygens (including phenoxy) is 2. The first-order valence-corrected chi connectivity index (χ1v) is 15.3. The van der Waals surface area contributed by atoms with Crippen LogP contribution >= 0.6 is 15.6 Å². The van der Waals surface area contributed by atoms with Gasteiger partial charge in [-0.25, -0.2) is 28.9 Å². The van der Waals surface area contributed by atoms with Gasteiger partial charge in [-0.1, -0.05) is 0 Å². The third kappa shape index (κ3) is 6.62. The highest BCUT2D eigenvalue weighted by Gasteiger charge is 2.48. The molecular weight excluding hydrogens is 610 g/mol. The number of nitrogens with zero attached hydrogens (tertiary/aromatic N) is 6. The normalized spacial score (nSPS) is 31.9. The number of fused-ring (bicyclic) bond motifs is 1. The summed E-state index contributed by atoms with van der Waals surface area (Å²) in [5.74, 6) is 0.188. The van der Waals surface area contributed by atoms with Crippen molar-refractivity contribution in [3.05, 3.63) is 12.7 Å². The van der Waals surface area contributed by atoms with Crippen LogP contribution in [-0.4, -0.2) is 118 Å². The number of phosphoric acid groups is 2. The van der Waals surface area contributed by atoms with Gasteiger partial charge in [-0.2, -0.15) is 4.99 Å². The molecule has 0 saturated carbocycles. The fourth-order valence-electron chi connectivity index (χ4n) is 4.69. The lowest BCUT2D eigenvalue weighted by Crippen LogP contribution is -2.44. The van der Waals surface area contributed by atoms with Gasteiger partial charge in [0.05, 0.1) is 19.5 Å². The minimum atomic E-state index is -4.97. The second kappa shape index (κ2) is 11.8. The number of aliphatic hydroxyl groups is 2. The molecule has 0 bridgehead atoms. The van der Waals surface area contributed by atoms with Crippen molar-refractivity contribution in [2.45, 2.75) is 55.8 Å². The van der Waals surface area contributed by atoms with Gasteiger partial charge in [0.2, 0.25) is 0 Å². The van der Waals surface area contributed by atoms with Crippen LogP contribution in [0.1, 0.15) is 19.1 Å². The predicted molar refractivity (Wildman–Crippen MR) is 136 cm³/mol. The lowest BCUT2D eigenvalue weighted by molar-refractivity contribution is -0.0665. The predicted octanol–water partition coefficient (Wildman–Crippen LogP) is -2.06. The van der Waals surface area contributed by atoms with Crippen molar-refractivity contribution in [1.29, 1.82) is 0 Å². The molecule has 2 amide bonds. The number of imidazole rings is 1. The average molecular weight is 638 g/mol. The summed E-state index contributed by atoms with van der Waals surface area (Å²) in [6, 6.07) is -0.734. The maximum Gasteiger partial charge on any atom is 0.472 e. The Labute approximate surface area is 235 Å². The Morgan fingerprint density at radius 2 is 1.76 bits per heavy atom. The van der Waals surface area contributed by atoms with E-state index in [2.05, 4.69) is 24.5 Å². The van der Waals surface area contributed by atoms with Crippen LogP contribution in [0, 0.1) is 0 Å². The highest BCUT2D eigenvalue weighted by Crippen LogP contribution is 2.49. The quantitative estimate of drug-likeness (QED) is 0.138. The summed E-state index contributed by atoms with van der Waals surface area (Å²) < 4.78 is 51.5. The number of urea groups is 1. The largest absolute Gasteiger partial charge is 0.472 e. The summed E-state index contributed by atoms with van der Waals surface area (Å²) in [4.78, 5) is 57.7. The molecule has 23 heteroatoms. The van der Waals surface area contributed by atoms with Crippen molar-refractivity contribution in [2.24, 2.45) is 10.7 Å². The third-order valence-electron chi connectivity index (χ3n) is 6.70. The van der Waals surface area contributed by atoms with Crippen molar-refractivity contribution >= 4 is 44.5 Å². The number of aliphatic hydroxyl groups excluding tert-OH is 2. The number of hydrogen-bond acceptors (Lipinski definition) is 15. The Bertz CT molecular complexity index is 1450. The van der Waals surface area contributed by atoms with Crippen LogP contribution in [0.4, 0.5) is 10.6 Å². The molecule has 0 radical (unpaired) electrons. The molecule has 2 saturated heterocycles. The minimum absolute atomic E-state index is 0.0779. The van der Waals surface area contributed by atoms with Crippen LogP contribution in [0.5, 0.6) is 0 Å². The number of aromatic nitrogens is 4. The maximum atomic E-state index is 12.9. The number of rotatable bonds is 10. The SMILES string of the molecule is NC1=NC(=O)N([C@H]2C[C@H](OP(=O)(O)OC[C@H]3O[C@@H](n4cnc5c(N)ncnc54)[C@H](O)[C@@H]3O)[C@@H](COP(=O)(O)O)O2)CC1. The Hall–Kier alpha value is -2.65. The smallest absolute Gasteiger partial charge is 0.387 e. The average Bonchev–Trinajstić information content (AvgIpc) is 3.58. The highest BCUT2D eigenvalue weighted by atomic mass is 31.2. The maximum absolute atomic E-state index is 12.9. The van der Waals surface area contributed by atoms with Crippen molar-refractivity contribution in [3.8, 4) is 0 Å². The molecule has 3 aliphatic heterocycles. The van der Waals surface area contributed by atoms with Crippen LogP contribution in [0.15, 0.2) is 17.6 Å². The topological polar surface area (TPSA) is 310 Å². The van der Waals surface area contributed by atoms with Gasteiger partial charge in [0, 0.05) is 19.4 Å². The van der Waals surface area contributed by atoms with E-state index in [-0.39, 0.29) is 42.2 Å². The number of carbonyl (C=O) groups excluding carboxylic acids is 1. The van der Waals surface area contributed by atoms with Gasteiger partial charge in [-0.05, 0) is 0 Å². The lowest BCUT2D eigenvalue weighted by atomic mass is 10.1. The highest BCUT2D eigenvalue weighted by molar-refractivity contribution is 7.47. The van der Waals surface area contributed by atoms with Gasteiger partial charge in [0.25, 0.3) is 0 Å². The van der Waals surface area contributed by atoms with Crippen molar-refractivity contribution in [3.63, 3.8) is 0 Å². The fraction of sp³-hybridized carbons (Fsp3) is 0.632. The molecule has 2 fully saturated rings. The molecule has 0 spiro atoms. The second-order valence-electron chi connectivity index (χ2n) is 9.52. The number of phosphoric ester groups is 2. The number of amides is 2. The molecule has 1 unspecified atom stereocenters. The lowest BCUT2D eigenvalue weighted by Gasteiger charge is -2.29. The molecule has 21 nitrogen and oxygen atoms in total. The zero-order valence-corrected chi connectivity index (χ0v) is 23.3. The molecule has 2 aromatic heterocycles. The van der Waals surface area contributed by atoms with E-state index in [1.165, 1.54) is 22.1 Å². The first kappa shape index (κ1) is 30.8. The van der Waals surface area contributed by atoms with E-state index in [0.29, 0.717) is 0 Å². The number of anilines is 1. The second-order valence-corrected chi connectivity index (χ2v) is 12.2. The summed E-state index contributed by atoms with van der Waals surface area (Å²) in [6.45, 7) is -1.38. The van der Waals surface area contributed by atoms with Crippen LogP contribution in [0.25, 0.3) is 11.2 Å². The Kier molecular flexibility index (Phi) is 8.65. The van der Waals surface area contributed by atoms with E-state index in [1.54, 1.807) is 0 Å². The first-order valence-electron chi connectivity index (χ1n) is 12.3. The number of aliphatic imine (C=N–C) groups is 1. The van der Waals surface area contributed by atoms with Crippen LogP contribution in [0.2, 0.25) is 0 Å². The van der Waals surface area contributed by atoms with Gasteiger partial charge in [-0.3, -0.25) is 23.0 Å². The molecule has 5 heterocycles. The molecule has 8 atom stereocenters. The van der Waals surface area contributed by atoms with E-state index >= 15 is 0 Å². The van der Waals surface area contributed by atoms with Gasteiger partial charge in [-0.15, -0.1) is 0 Å². The minimum Gasteiger partial charge on any atom is -0.387 e. The van der Waals surface area contributed by atoms with E-state index in [0.717, 1.165) is 0 Å². The molecule has 9 N–H and O–H groups in total. The van der Waals surface area contributed by atoms with Crippen LogP contribution < -0.4 is 11.5 Å². The Morgan fingerprint density at radius 1 is 1.02 bits per heavy atom. The van der Waals surface area contributed by atoms with Crippen molar-refractivity contribution < 1.29 is 61.9 Å². The molecule has 2 aromatic rings. The van der Waals surface area contributed by atoms with E-state index in [4.69, 9.17) is 39.8 Å². The Morgan fingerprint density at radius 3 is 2.48 bits per heavy atom. The molecule has 232 valence electrons. The van der Waals surface area contributed by atoms with Gasteiger partial charge < -0.3 is 45.8 Å².